The number of benzene rings is 1. The Morgan fingerprint density at radius 3 is 2.59 bits per heavy atom. The average Bonchev–Trinajstić information content (AvgIpc) is 2.87. The summed E-state index contributed by atoms with van der Waals surface area (Å²) in [7, 11) is 0. The maximum atomic E-state index is 8.58. The lowest BCUT2D eigenvalue weighted by molar-refractivity contribution is -0.106. The predicted octanol–water partition coefficient (Wildman–Crippen LogP) is 2.67. The van der Waals surface area contributed by atoms with Gasteiger partial charge >= 0.3 is 0 Å². The number of nitrogens with zero attached hydrogens (tertiary/aromatic N) is 1. The third-order valence-electron chi connectivity index (χ3n) is 3.46. The first-order valence-corrected chi connectivity index (χ1v) is 7.18. The first-order chi connectivity index (χ1) is 10.3. The second-order valence-electron chi connectivity index (χ2n) is 5.72. The van der Waals surface area contributed by atoms with Gasteiger partial charge in [0.05, 0.1) is 12.0 Å². The van der Waals surface area contributed by atoms with Crippen LogP contribution in [0, 0.1) is 6.92 Å². The van der Waals surface area contributed by atoms with Gasteiger partial charge in [0, 0.05) is 16.8 Å². The lowest BCUT2D eigenvalue weighted by Gasteiger charge is -2.25. The Kier molecular flexibility index (Phi) is 5.98. The van der Waals surface area contributed by atoms with Gasteiger partial charge in [0.15, 0.2) is 5.82 Å². The largest absolute Gasteiger partial charge is 0.398 e. The molecule has 1 heterocycles. The van der Waals surface area contributed by atoms with E-state index in [9.17, 15) is 0 Å². The highest BCUT2D eigenvalue weighted by atomic mass is 16.1. The third kappa shape index (κ3) is 4.51. The van der Waals surface area contributed by atoms with Gasteiger partial charge in [0.2, 0.25) is 6.41 Å². The fraction of sp³-hybridized carbons (Fsp3) is 0.375. The van der Waals surface area contributed by atoms with Gasteiger partial charge in [-0.15, -0.1) is 0 Å². The van der Waals surface area contributed by atoms with E-state index in [0.29, 0.717) is 0 Å². The summed E-state index contributed by atoms with van der Waals surface area (Å²) in [5.41, 5.74) is 14.1. The van der Waals surface area contributed by atoms with Crippen LogP contribution in [0.15, 0.2) is 24.5 Å². The van der Waals surface area contributed by atoms with Crippen molar-refractivity contribution < 1.29 is 4.79 Å². The van der Waals surface area contributed by atoms with E-state index in [4.69, 9.17) is 10.5 Å². The molecule has 1 aromatic heterocycles. The van der Waals surface area contributed by atoms with Crippen molar-refractivity contribution in [3.63, 3.8) is 0 Å². The number of aryl methyl sites for hydroxylation is 1. The second-order valence-corrected chi connectivity index (χ2v) is 5.72. The summed E-state index contributed by atoms with van der Waals surface area (Å²) < 4.78 is 0. The standard InChI is InChI=1S/C15H22N4.CH3NO/c1-5-15(3,4)19-14-13(17-9-18-14)11-7-6-10(2)8-12(11)16;2-1-3/h6-9,19H,5,16H2,1-4H3,(H,17,18);1H,(H2,2,3). The van der Waals surface area contributed by atoms with Gasteiger partial charge in [-0.1, -0.05) is 19.1 Å². The summed E-state index contributed by atoms with van der Waals surface area (Å²) in [4.78, 5) is 16.1. The Balaban J connectivity index is 0.000000745. The monoisotopic (exact) mass is 303 g/mol. The van der Waals surface area contributed by atoms with Crippen molar-refractivity contribution in [3.8, 4) is 11.3 Å². The zero-order valence-electron chi connectivity index (χ0n) is 13.6. The van der Waals surface area contributed by atoms with Crippen molar-refractivity contribution in [2.75, 3.05) is 11.1 Å². The van der Waals surface area contributed by atoms with Crippen LogP contribution < -0.4 is 16.8 Å². The average molecular weight is 303 g/mol. The van der Waals surface area contributed by atoms with Gasteiger partial charge in [-0.25, -0.2) is 4.98 Å². The zero-order chi connectivity index (χ0) is 16.8. The van der Waals surface area contributed by atoms with Crippen LogP contribution in [0.3, 0.4) is 0 Å². The van der Waals surface area contributed by atoms with Crippen LogP contribution in [0.5, 0.6) is 0 Å². The number of nitrogens with two attached hydrogens (primary N) is 2. The Labute approximate surface area is 131 Å². The molecule has 0 unspecified atom stereocenters. The fourth-order valence-electron chi connectivity index (χ4n) is 1.91. The van der Waals surface area contributed by atoms with Gasteiger partial charge in [-0.2, -0.15) is 0 Å². The molecule has 2 rings (SSSR count). The lowest BCUT2D eigenvalue weighted by Crippen LogP contribution is -2.30. The van der Waals surface area contributed by atoms with Crippen molar-refractivity contribution in [2.45, 2.75) is 39.7 Å². The van der Waals surface area contributed by atoms with E-state index in [1.807, 2.05) is 19.1 Å². The number of primary amides is 1. The number of imidazole rings is 1. The molecule has 22 heavy (non-hydrogen) atoms. The fourth-order valence-corrected chi connectivity index (χ4v) is 1.91. The summed E-state index contributed by atoms with van der Waals surface area (Å²) in [5, 5.41) is 3.46. The molecule has 0 aliphatic heterocycles. The molecule has 0 atom stereocenters. The van der Waals surface area contributed by atoms with Crippen LogP contribution in [0.25, 0.3) is 11.3 Å². The molecule has 0 aliphatic rings. The van der Waals surface area contributed by atoms with Gasteiger partial charge in [0.25, 0.3) is 0 Å². The normalized spacial score (nSPS) is 10.5. The summed E-state index contributed by atoms with van der Waals surface area (Å²) in [6, 6.07) is 6.06. The summed E-state index contributed by atoms with van der Waals surface area (Å²) in [6.45, 7) is 8.50. The van der Waals surface area contributed by atoms with Crippen LogP contribution in [0.1, 0.15) is 32.8 Å². The molecule has 2 aromatic rings. The molecule has 6 nitrogen and oxygen atoms in total. The number of hydrogen-bond donors (Lipinski definition) is 4. The van der Waals surface area contributed by atoms with E-state index in [2.05, 4.69) is 47.9 Å². The molecule has 0 aliphatic carbocycles. The molecule has 1 aromatic carbocycles. The second kappa shape index (κ2) is 7.49. The van der Waals surface area contributed by atoms with Crippen LogP contribution in [-0.2, 0) is 4.79 Å². The molecule has 1 amide bonds. The van der Waals surface area contributed by atoms with Gasteiger partial charge in [0.1, 0.15) is 0 Å². The number of hydrogen-bond acceptors (Lipinski definition) is 4. The molecular formula is C16H25N5O. The van der Waals surface area contributed by atoms with Gasteiger partial charge < -0.3 is 21.8 Å². The maximum Gasteiger partial charge on any atom is 0.204 e. The summed E-state index contributed by atoms with van der Waals surface area (Å²) >= 11 is 0. The van der Waals surface area contributed by atoms with Crippen molar-refractivity contribution in [1.82, 2.24) is 9.97 Å². The molecule has 120 valence electrons. The quantitative estimate of drug-likeness (QED) is 0.514. The molecule has 0 spiro atoms. The highest BCUT2D eigenvalue weighted by Gasteiger charge is 2.19. The number of anilines is 2. The molecule has 0 saturated carbocycles. The zero-order valence-corrected chi connectivity index (χ0v) is 13.6. The third-order valence-corrected chi connectivity index (χ3v) is 3.46. The molecule has 0 saturated heterocycles. The molecule has 6 N–H and O–H groups in total. The van der Waals surface area contributed by atoms with E-state index >= 15 is 0 Å². The van der Waals surface area contributed by atoms with Crippen molar-refractivity contribution in [2.24, 2.45) is 5.73 Å². The van der Waals surface area contributed by atoms with E-state index in [1.54, 1.807) is 6.33 Å². The first-order valence-electron chi connectivity index (χ1n) is 7.18. The number of rotatable bonds is 4. The van der Waals surface area contributed by atoms with E-state index in [1.165, 1.54) is 0 Å². The van der Waals surface area contributed by atoms with Crippen LogP contribution in [0.4, 0.5) is 11.5 Å². The van der Waals surface area contributed by atoms with Gasteiger partial charge in [-0.3, -0.25) is 4.79 Å². The van der Waals surface area contributed by atoms with E-state index < -0.39 is 0 Å². The molecule has 6 heteroatoms. The Morgan fingerprint density at radius 2 is 2.05 bits per heavy atom. The minimum absolute atomic E-state index is 0.00338. The van der Waals surface area contributed by atoms with Crippen LogP contribution >= 0.6 is 0 Å². The van der Waals surface area contributed by atoms with E-state index in [0.717, 1.165) is 34.7 Å². The van der Waals surface area contributed by atoms with Gasteiger partial charge in [-0.05, 0) is 38.8 Å². The number of carbonyl (C=O) groups is 1. The highest BCUT2D eigenvalue weighted by Crippen LogP contribution is 2.31. The Bertz CT molecular complexity index is 619. The molecule has 0 bridgehead atoms. The lowest BCUT2D eigenvalue weighted by atomic mass is 10.0. The van der Waals surface area contributed by atoms with Crippen LogP contribution in [-0.4, -0.2) is 21.9 Å². The minimum atomic E-state index is 0.00338. The SMILES string of the molecule is CCC(C)(C)Nc1nc[nH]c1-c1ccc(C)cc1N.NC=O. The predicted molar refractivity (Wildman–Crippen MR) is 91.4 cm³/mol. The topological polar surface area (TPSA) is 110 Å². The van der Waals surface area contributed by atoms with Crippen molar-refractivity contribution in [1.29, 1.82) is 0 Å². The van der Waals surface area contributed by atoms with Crippen molar-refractivity contribution in [3.05, 3.63) is 30.1 Å². The summed E-state index contributed by atoms with van der Waals surface area (Å²) in [6.07, 6.45) is 2.96. The van der Waals surface area contributed by atoms with Crippen molar-refractivity contribution >= 4 is 17.9 Å². The molecule has 0 fully saturated rings. The molecule has 0 radical (unpaired) electrons. The van der Waals surface area contributed by atoms with E-state index in [-0.39, 0.29) is 11.9 Å². The minimum Gasteiger partial charge on any atom is -0.398 e. The summed E-state index contributed by atoms with van der Waals surface area (Å²) in [5.74, 6) is 0.849. The number of carbonyl (C=O) groups excluding carboxylic acids is 1. The number of H-pyrrole nitrogens is 1. The smallest absolute Gasteiger partial charge is 0.204 e. The Hall–Kier alpha value is -2.50. The highest BCUT2D eigenvalue weighted by molar-refractivity contribution is 5.81. The number of nitrogens with one attached hydrogen (secondary N) is 2. The number of aromatic amines is 1. The maximum absolute atomic E-state index is 8.58. The first kappa shape index (κ1) is 17.6. The Morgan fingerprint density at radius 1 is 1.41 bits per heavy atom. The number of amides is 1. The number of nitrogen functional groups attached to an aromatic ring is 1. The van der Waals surface area contributed by atoms with Crippen LogP contribution in [0.2, 0.25) is 0 Å². The molecular weight excluding hydrogens is 278 g/mol. The number of aromatic nitrogens is 2.